The molecule has 0 bridgehead atoms. The summed E-state index contributed by atoms with van der Waals surface area (Å²) in [6.45, 7) is 9.74. The molecule has 0 radical (unpaired) electrons. The summed E-state index contributed by atoms with van der Waals surface area (Å²) in [5.74, 6) is 2.37. The van der Waals surface area contributed by atoms with Crippen LogP contribution in [-0.4, -0.2) is 47.6 Å². The van der Waals surface area contributed by atoms with Crippen LogP contribution in [-0.2, 0) is 0 Å². The first-order valence-corrected chi connectivity index (χ1v) is 7.65. The lowest BCUT2D eigenvalue weighted by Gasteiger charge is -2.20. The van der Waals surface area contributed by atoms with Crippen molar-refractivity contribution in [2.45, 2.75) is 45.6 Å². The molecule has 1 saturated heterocycles. The topological polar surface area (TPSA) is 53.1 Å². The number of hydrogen-bond donors (Lipinski definition) is 2. The number of nitrogens with zero attached hydrogens (tertiary/aromatic N) is 3. The number of likely N-dealkylation sites (N-methyl/N-ethyl adjacent to an activating group) is 1. The molecule has 1 aromatic heterocycles. The Hall–Kier alpha value is -1.36. The number of anilines is 2. The highest BCUT2D eigenvalue weighted by Gasteiger charge is 2.22. The van der Waals surface area contributed by atoms with E-state index in [9.17, 15) is 0 Å². The van der Waals surface area contributed by atoms with Gasteiger partial charge in [-0.15, -0.1) is 0 Å². The quantitative estimate of drug-likeness (QED) is 0.837. The molecule has 5 nitrogen and oxygen atoms in total. The Kier molecular flexibility index (Phi) is 5.17. The van der Waals surface area contributed by atoms with Crippen molar-refractivity contribution in [1.82, 2.24) is 14.9 Å². The molecule has 1 aliphatic heterocycles. The van der Waals surface area contributed by atoms with Crippen LogP contribution >= 0.6 is 0 Å². The molecule has 1 atom stereocenters. The summed E-state index contributed by atoms with van der Waals surface area (Å²) < 4.78 is 0. The van der Waals surface area contributed by atoms with Gasteiger partial charge < -0.3 is 15.5 Å². The fraction of sp³-hybridized carbons (Fsp3) is 0.733. The zero-order chi connectivity index (χ0) is 14.5. The Morgan fingerprint density at radius 3 is 2.70 bits per heavy atom. The zero-order valence-electron chi connectivity index (χ0n) is 13.1. The van der Waals surface area contributed by atoms with Gasteiger partial charge in [0.1, 0.15) is 18.0 Å². The molecule has 1 fully saturated rings. The summed E-state index contributed by atoms with van der Waals surface area (Å²) in [4.78, 5) is 11.2. The van der Waals surface area contributed by atoms with Crippen LogP contribution in [0.4, 0.5) is 11.6 Å². The monoisotopic (exact) mass is 277 g/mol. The molecule has 0 spiro atoms. The third-order valence-electron chi connectivity index (χ3n) is 3.74. The Labute approximate surface area is 122 Å². The van der Waals surface area contributed by atoms with Gasteiger partial charge >= 0.3 is 0 Å². The minimum Gasteiger partial charge on any atom is -0.370 e. The van der Waals surface area contributed by atoms with Crippen molar-refractivity contribution in [1.29, 1.82) is 0 Å². The Morgan fingerprint density at radius 2 is 2.10 bits per heavy atom. The highest BCUT2D eigenvalue weighted by molar-refractivity contribution is 5.59. The minimum atomic E-state index is 0.400. The lowest BCUT2D eigenvalue weighted by molar-refractivity contribution is 0.414. The molecular formula is C15H27N5. The van der Waals surface area contributed by atoms with E-state index >= 15 is 0 Å². The van der Waals surface area contributed by atoms with Crippen molar-refractivity contribution in [3.05, 3.63) is 11.9 Å². The van der Waals surface area contributed by atoms with Crippen LogP contribution in [0, 0.1) is 0 Å². The van der Waals surface area contributed by atoms with Crippen molar-refractivity contribution >= 4 is 11.6 Å². The van der Waals surface area contributed by atoms with Crippen molar-refractivity contribution in [2.75, 3.05) is 37.3 Å². The fourth-order valence-corrected chi connectivity index (χ4v) is 2.69. The largest absolute Gasteiger partial charge is 0.370 e. The van der Waals surface area contributed by atoms with E-state index in [1.54, 1.807) is 6.33 Å². The Morgan fingerprint density at radius 1 is 1.35 bits per heavy atom. The van der Waals surface area contributed by atoms with Gasteiger partial charge in [-0.25, -0.2) is 9.97 Å². The third kappa shape index (κ3) is 3.60. The van der Waals surface area contributed by atoms with Gasteiger partial charge in [-0.1, -0.05) is 20.8 Å². The lowest BCUT2D eigenvalue weighted by atomic mass is 10.0. The molecule has 0 amide bonds. The number of hydrogen-bond acceptors (Lipinski definition) is 5. The van der Waals surface area contributed by atoms with Crippen LogP contribution < -0.4 is 10.6 Å². The van der Waals surface area contributed by atoms with Gasteiger partial charge in [0.05, 0.1) is 0 Å². The SMILES string of the molecule is CCCNc1ncnc(NC2CCN(C)C2)c1C(C)C. The third-order valence-corrected chi connectivity index (χ3v) is 3.74. The number of likely N-dealkylation sites (tertiary alicyclic amines) is 1. The molecule has 1 aliphatic rings. The van der Waals surface area contributed by atoms with E-state index in [0.29, 0.717) is 12.0 Å². The second kappa shape index (κ2) is 6.88. The molecule has 0 aliphatic carbocycles. The fourth-order valence-electron chi connectivity index (χ4n) is 2.69. The molecule has 2 N–H and O–H groups in total. The molecule has 112 valence electrons. The first-order chi connectivity index (χ1) is 9.61. The number of nitrogens with one attached hydrogen (secondary N) is 2. The molecule has 0 saturated carbocycles. The van der Waals surface area contributed by atoms with Gasteiger partial charge in [-0.2, -0.15) is 0 Å². The molecule has 2 heterocycles. The molecule has 1 aromatic rings. The summed E-state index contributed by atoms with van der Waals surface area (Å²) >= 11 is 0. The number of aromatic nitrogens is 2. The van der Waals surface area contributed by atoms with Gasteiger partial charge in [0.25, 0.3) is 0 Å². The first-order valence-electron chi connectivity index (χ1n) is 7.65. The summed E-state index contributed by atoms with van der Waals surface area (Å²) in [6.07, 6.45) is 3.93. The summed E-state index contributed by atoms with van der Waals surface area (Å²) in [5, 5.41) is 7.02. The molecule has 1 unspecified atom stereocenters. The predicted octanol–water partition coefficient (Wildman–Crippen LogP) is 2.54. The maximum atomic E-state index is 4.48. The van der Waals surface area contributed by atoms with Crippen LogP contribution in [0.15, 0.2) is 6.33 Å². The van der Waals surface area contributed by atoms with Crippen LogP contribution in [0.2, 0.25) is 0 Å². The van der Waals surface area contributed by atoms with Crippen molar-refractivity contribution in [3.63, 3.8) is 0 Å². The maximum Gasteiger partial charge on any atom is 0.135 e. The van der Waals surface area contributed by atoms with E-state index in [2.05, 4.69) is 53.3 Å². The smallest absolute Gasteiger partial charge is 0.135 e. The second-order valence-electron chi connectivity index (χ2n) is 5.96. The van der Waals surface area contributed by atoms with Gasteiger partial charge in [0.2, 0.25) is 0 Å². The molecule has 20 heavy (non-hydrogen) atoms. The van der Waals surface area contributed by atoms with Crippen LogP contribution in [0.25, 0.3) is 0 Å². The van der Waals surface area contributed by atoms with Crippen LogP contribution in [0.5, 0.6) is 0 Å². The number of rotatable bonds is 6. The van der Waals surface area contributed by atoms with Crippen LogP contribution in [0.3, 0.4) is 0 Å². The highest BCUT2D eigenvalue weighted by Crippen LogP contribution is 2.29. The van der Waals surface area contributed by atoms with Crippen molar-refractivity contribution in [2.24, 2.45) is 0 Å². The molecular weight excluding hydrogens is 250 g/mol. The van der Waals surface area contributed by atoms with E-state index in [0.717, 1.165) is 37.7 Å². The van der Waals surface area contributed by atoms with E-state index in [-0.39, 0.29) is 0 Å². The van der Waals surface area contributed by atoms with Crippen molar-refractivity contribution < 1.29 is 0 Å². The molecule has 2 rings (SSSR count). The average molecular weight is 277 g/mol. The minimum absolute atomic E-state index is 0.400. The maximum absolute atomic E-state index is 4.48. The van der Waals surface area contributed by atoms with Crippen molar-refractivity contribution in [3.8, 4) is 0 Å². The lowest BCUT2D eigenvalue weighted by Crippen LogP contribution is -2.25. The van der Waals surface area contributed by atoms with Gasteiger partial charge in [-0.3, -0.25) is 0 Å². The van der Waals surface area contributed by atoms with E-state index in [1.807, 2.05) is 0 Å². The second-order valence-corrected chi connectivity index (χ2v) is 5.96. The summed E-state index contributed by atoms with van der Waals surface area (Å²) in [6, 6.07) is 0.492. The van der Waals surface area contributed by atoms with E-state index in [1.165, 1.54) is 12.0 Å². The predicted molar refractivity (Wildman–Crippen MR) is 84.4 cm³/mol. The highest BCUT2D eigenvalue weighted by atomic mass is 15.2. The van der Waals surface area contributed by atoms with Gasteiger partial charge in [0, 0.05) is 24.7 Å². The first kappa shape index (κ1) is 15.0. The van der Waals surface area contributed by atoms with Gasteiger partial charge in [-0.05, 0) is 32.4 Å². The Bertz CT molecular complexity index is 432. The average Bonchev–Trinajstić information content (AvgIpc) is 2.81. The van der Waals surface area contributed by atoms with Crippen LogP contribution in [0.1, 0.15) is 45.1 Å². The van der Waals surface area contributed by atoms with E-state index in [4.69, 9.17) is 0 Å². The van der Waals surface area contributed by atoms with Gasteiger partial charge in [0.15, 0.2) is 0 Å². The zero-order valence-corrected chi connectivity index (χ0v) is 13.1. The normalized spacial score (nSPS) is 19.6. The molecule has 5 heteroatoms. The molecule has 0 aromatic carbocycles. The van der Waals surface area contributed by atoms with E-state index < -0.39 is 0 Å². The Balaban J connectivity index is 2.18. The summed E-state index contributed by atoms with van der Waals surface area (Å²) in [5.41, 5.74) is 1.20. The standard InChI is InChI=1S/C15H27N5/c1-5-7-16-14-13(11(2)3)15(18-10-17-14)19-12-6-8-20(4)9-12/h10-12H,5-9H2,1-4H3,(H2,16,17,18,19). The summed E-state index contributed by atoms with van der Waals surface area (Å²) in [7, 11) is 2.17.